The maximum atomic E-state index is 12.6. The molecule has 5 heteroatoms. The van der Waals surface area contributed by atoms with E-state index in [4.69, 9.17) is 0 Å². The largest absolute Gasteiger partial charge is 0.288 e. The van der Waals surface area contributed by atoms with E-state index in [0.29, 0.717) is 12.0 Å². The summed E-state index contributed by atoms with van der Waals surface area (Å²) in [6, 6.07) is 9.32. The fourth-order valence-electron chi connectivity index (χ4n) is 1.58. The summed E-state index contributed by atoms with van der Waals surface area (Å²) in [4.78, 5) is 13.4. The number of carbonyl (C=O) groups excluding carboxylic acids is 1. The van der Waals surface area contributed by atoms with E-state index in [1.165, 1.54) is 0 Å². The number of Topliss-reactive ketones (excluding diaryl/α,β-unsaturated/α-hetero) is 1. The molecule has 0 radical (unpaired) electrons. The second-order valence-corrected chi connectivity index (χ2v) is 6.96. The monoisotopic (exact) mass is 330 g/mol. The van der Waals surface area contributed by atoms with Crippen LogP contribution in [0.1, 0.15) is 23.2 Å². The van der Waals surface area contributed by atoms with Crippen molar-refractivity contribution < 1.29 is 9.18 Å². The van der Waals surface area contributed by atoms with Crippen LogP contribution in [-0.2, 0) is 0 Å². The first-order valence-electron chi connectivity index (χ1n) is 6.35. The third-order valence-electron chi connectivity index (χ3n) is 2.57. The molecule has 20 heavy (non-hydrogen) atoms. The number of alkyl halides is 1. The Morgan fingerprint density at radius 2 is 1.75 bits per heavy atom. The van der Waals surface area contributed by atoms with E-state index < -0.39 is 0 Å². The molecule has 0 fully saturated rings. The van der Waals surface area contributed by atoms with Gasteiger partial charge in [0.25, 0.3) is 0 Å². The summed E-state index contributed by atoms with van der Waals surface area (Å²) in [5.41, 5.74) is 0.709. The molecule has 1 nitrogen and oxygen atoms in total. The van der Waals surface area contributed by atoms with E-state index in [0.717, 1.165) is 21.3 Å². The Morgan fingerprint density at radius 3 is 2.30 bits per heavy atom. The highest BCUT2D eigenvalue weighted by Crippen LogP contribution is 2.35. The van der Waals surface area contributed by atoms with Crippen LogP contribution in [0.15, 0.2) is 39.5 Å². The highest BCUT2D eigenvalue weighted by Gasteiger charge is 2.17. The number of benzene rings is 1. The van der Waals surface area contributed by atoms with Gasteiger partial charge >= 0.3 is 0 Å². The molecule has 0 atom stereocenters. The molecule has 110 valence electrons. The van der Waals surface area contributed by atoms with Crippen molar-refractivity contribution in [2.45, 2.75) is 12.8 Å². The number of carbonyl (C=O) groups is 1. The van der Waals surface area contributed by atoms with E-state index in [1.807, 2.05) is 42.8 Å². The third-order valence-corrected chi connectivity index (χ3v) is 6.15. The molecule has 1 aromatic carbocycles. The number of unbranched alkanes of at least 4 members (excludes halogenated alkanes) is 1. The number of allylic oxidation sites excluding steroid dienone is 1. The molecular formula is C15H19FOS3. The molecule has 0 saturated carbocycles. The summed E-state index contributed by atoms with van der Waals surface area (Å²) in [6.07, 6.45) is 5.31. The van der Waals surface area contributed by atoms with Gasteiger partial charge in [0.05, 0.1) is 15.8 Å². The highest BCUT2D eigenvalue weighted by molar-refractivity contribution is 8.22. The van der Waals surface area contributed by atoms with Gasteiger partial charge in [-0.05, 0) is 31.1 Å². The second-order valence-electron chi connectivity index (χ2n) is 3.96. The maximum absolute atomic E-state index is 12.6. The summed E-state index contributed by atoms with van der Waals surface area (Å²) in [7, 11) is 0. The first kappa shape index (κ1) is 17.7. The number of hydrogen-bond acceptors (Lipinski definition) is 4. The SMILES string of the molecule is CSC(SC)=C(SCCCCF)C(=O)c1ccccc1. The first-order chi connectivity index (χ1) is 9.74. The van der Waals surface area contributed by atoms with Gasteiger partial charge in [0.15, 0.2) is 0 Å². The van der Waals surface area contributed by atoms with Gasteiger partial charge in [0, 0.05) is 5.56 Å². The molecule has 0 aromatic heterocycles. The minimum absolute atomic E-state index is 0.0644. The van der Waals surface area contributed by atoms with Crippen LogP contribution >= 0.6 is 35.3 Å². The molecule has 0 amide bonds. The quantitative estimate of drug-likeness (QED) is 0.349. The smallest absolute Gasteiger partial charge is 0.201 e. The van der Waals surface area contributed by atoms with E-state index in [-0.39, 0.29) is 12.5 Å². The molecule has 0 heterocycles. The normalized spacial score (nSPS) is 10.3. The average Bonchev–Trinajstić information content (AvgIpc) is 2.51. The zero-order valence-corrected chi connectivity index (χ0v) is 14.2. The van der Waals surface area contributed by atoms with Gasteiger partial charge in [-0.3, -0.25) is 9.18 Å². The molecule has 0 bridgehead atoms. The van der Waals surface area contributed by atoms with Gasteiger partial charge in [-0.1, -0.05) is 30.3 Å². The van der Waals surface area contributed by atoms with E-state index in [9.17, 15) is 9.18 Å². The Morgan fingerprint density at radius 1 is 1.10 bits per heavy atom. The molecule has 1 aromatic rings. The highest BCUT2D eigenvalue weighted by atomic mass is 32.2. The number of thioether (sulfide) groups is 3. The van der Waals surface area contributed by atoms with Crippen LogP contribution in [0.2, 0.25) is 0 Å². The minimum Gasteiger partial charge on any atom is -0.288 e. The Kier molecular flexibility index (Phi) is 9.14. The Bertz CT molecular complexity index is 440. The van der Waals surface area contributed by atoms with Crippen LogP contribution in [0.5, 0.6) is 0 Å². The topological polar surface area (TPSA) is 17.1 Å². The van der Waals surface area contributed by atoms with Crippen LogP contribution in [0, 0.1) is 0 Å². The number of rotatable bonds is 9. The molecule has 0 spiro atoms. The van der Waals surface area contributed by atoms with Crippen LogP contribution in [0.4, 0.5) is 4.39 Å². The van der Waals surface area contributed by atoms with Crippen LogP contribution in [0.3, 0.4) is 0 Å². The Hall–Kier alpha value is -0.390. The summed E-state index contributed by atoms with van der Waals surface area (Å²) < 4.78 is 13.2. The maximum Gasteiger partial charge on any atom is 0.201 e. The van der Waals surface area contributed by atoms with Crippen molar-refractivity contribution in [3.05, 3.63) is 45.0 Å². The average molecular weight is 331 g/mol. The number of halogens is 1. The van der Waals surface area contributed by atoms with Gasteiger partial charge in [0.2, 0.25) is 5.78 Å². The zero-order chi connectivity index (χ0) is 14.8. The van der Waals surface area contributed by atoms with Gasteiger partial charge in [-0.15, -0.1) is 35.3 Å². The summed E-state index contributed by atoms with van der Waals surface area (Å²) in [5.74, 6) is 0.845. The molecule has 0 N–H and O–H groups in total. The lowest BCUT2D eigenvalue weighted by atomic mass is 10.1. The first-order valence-corrected chi connectivity index (χ1v) is 9.78. The van der Waals surface area contributed by atoms with E-state index in [1.54, 1.807) is 35.3 Å². The Balaban J connectivity index is 2.88. The third kappa shape index (κ3) is 5.54. The summed E-state index contributed by atoms with van der Waals surface area (Å²) in [6.45, 7) is -0.288. The van der Waals surface area contributed by atoms with Crippen molar-refractivity contribution in [2.75, 3.05) is 24.9 Å². The van der Waals surface area contributed by atoms with Crippen molar-refractivity contribution in [3.8, 4) is 0 Å². The lowest BCUT2D eigenvalue weighted by molar-refractivity contribution is 0.104. The molecule has 0 unspecified atom stereocenters. The molecule has 0 saturated heterocycles. The molecule has 0 aliphatic heterocycles. The van der Waals surface area contributed by atoms with Gasteiger partial charge in [-0.2, -0.15) is 0 Å². The van der Waals surface area contributed by atoms with Gasteiger partial charge in [0.1, 0.15) is 0 Å². The van der Waals surface area contributed by atoms with Crippen molar-refractivity contribution in [3.63, 3.8) is 0 Å². The number of ketones is 1. The second kappa shape index (κ2) is 10.4. The fraction of sp³-hybridized carbons (Fsp3) is 0.400. The van der Waals surface area contributed by atoms with Crippen LogP contribution in [0.25, 0.3) is 0 Å². The Labute approximate surface area is 133 Å². The molecular weight excluding hydrogens is 311 g/mol. The summed E-state index contributed by atoms with van der Waals surface area (Å²) >= 11 is 4.73. The van der Waals surface area contributed by atoms with Crippen molar-refractivity contribution in [1.82, 2.24) is 0 Å². The standard InChI is InChI=1S/C15H19FOS3/c1-18-15(19-2)14(20-11-7-6-10-16)13(17)12-8-4-3-5-9-12/h3-5,8-9H,6-7,10-11H2,1-2H3. The summed E-state index contributed by atoms with van der Waals surface area (Å²) in [5, 5.41) is 0. The molecule has 0 aliphatic rings. The number of hydrogen-bond donors (Lipinski definition) is 0. The van der Waals surface area contributed by atoms with Crippen LogP contribution in [-0.4, -0.2) is 30.7 Å². The van der Waals surface area contributed by atoms with E-state index in [2.05, 4.69) is 0 Å². The lowest BCUT2D eigenvalue weighted by Gasteiger charge is -2.11. The van der Waals surface area contributed by atoms with Gasteiger partial charge in [-0.25, -0.2) is 0 Å². The van der Waals surface area contributed by atoms with Crippen molar-refractivity contribution in [2.24, 2.45) is 0 Å². The zero-order valence-electron chi connectivity index (χ0n) is 11.7. The van der Waals surface area contributed by atoms with E-state index >= 15 is 0 Å². The molecule has 1 rings (SSSR count). The predicted octanol–water partition coefficient (Wildman–Crippen LogP) is 5.25. The molecule has 0 aliphatic carbocycles. The van der Waals surface area contributed by atoms with Crippen LogP contribution < -0.4 is 0 Å². The van der Waals surface area contributed by atoms with Crippen molar-refractivity contribution in [1.29, 1.82) is 0 Å². The predicted molar refractivity (Wildman–Crippen MR) is 92.5 cm³/mol. The minimum atomic E-state index is -0.288. The fourth-order valence-corrected chi connectivity index (χ4v) is 4.57. The van der Waals surface area contributed by atoms with Crippen molar-refractivity contribution >= 4 is 41.1 Å². The van der Waals surface area contributed by atoms with Gasteiger partial charge < -0.3 is 0 Å². The lowest BCUT2D eigenvalue weighted by Crippen LogP contribution is -2.03.